The topological polar surface area (TPSA) is 62.0 Å². The Labute approximate surface area is 321 Å². The molecule has 10 heteroatoms. The van der Waals surface area contributed by atoms with Crippen molar-refractivity contribution < 1.29 is 27.2 Å². The van der Waals surface area contributed by atoms with Crippen LogP contribution in [0.25, 0.3) is 0 Å². The van der Waals surface area contributed by atoms with Gasteiger partial charge in [0.15, 0.2) is 33.3 Å². The van der Waals surface area contributed by atoms with Crippen molar-refractivity contribution in [2.75, 3.05) is 26.4 Å². The van der Waals surface area contributed by atoms with E-state index in [-0.39, 0.29) is 10.8 Å². The highest BCUT2D eigenvalue weighted by Crippen LogP contribution is 2.87. The molecule has 4 saturated heterocycles. The van der Waals surface area contributed by atoms with Crippen LogP contribution in [0.1, 0.15) is 89.9 Å². The molecule has 0 amide bonds. The maximum Gasteiger partial charge on any atom is 0.173 e. The van der Waals surface area contributed by atoms with Gasteiger partial charge in [-0.1, -0.05) is 6.42 Å². The Kier molecular flexibility index (Phi) is 9.59. The van der Waals surface area contributed by atoms with Crippen molar-refractivity contribution in [1.82, 2.24) is 0 Å². The standard InChI is InChI=1S/C42H76O6Si4/c1-49(2)24-10-22-43-29-33-37-35(45-37)14-17-39(33,20-26-51(5,6)47-49)41-19-13-31(28-41)32-12-9-16-42(32,41)40-18-15-36-38(46-36)34(40)30-44-23-11-25-50(3,4)48-52(7,8)27-21-40/h31-38H,9-30H2,1-8H3. The minimum Gasteiger partial charge on any atom is -0.455 e. The molecule has 296 valence electrons. The highest BCUT2D eigenvalue weighted by atomic mass is 28.4. The van der Waals surface area contributed by atoms with Crippen molar-refractivity contribution in [2.24, 2.45) is 45.3 Å². The van der Waals surface area contributed by atoms with E-state index >= 15 is 0 Å². The Balaban J connectivity index is 1.20. The molecule has 12 unspecified atom stereocenters. The number of hydrogen-bond acceptors (Lipinski definition) is 6. The van der Waals surface area contributed by atoms with Gasteiger partial charge in [0, 0.05) is 25.0 Å². The summed E-state index contributed by atoms with van der Waals surface area (Å²) >= 11 is 0. The van der Waals surface area contributed by atoms with E-state index in [1.807, 2.05) is 0 Å². The molecule has 6 nitrogen and oxygen atoms in total. The van der Waals surface area contributed by atoms with Gasteiger partial charge in [0.05, 0.1) is 37.6 Å². The van der Waals surface area contributed by atoms with Crippen LogP contribution >= 0.6 is 0 Å². The van der Waals surface area contributed by atoms with Crippen LogP contribution in [0.4, 0.5) is 0 Å². The third-order valence-corrected chi connectivity index (χ3v) is 32.8. The van der Waals surface area contributed by atoms with E-state index in [1.165, 1.54) is 101 Å². The van der Waals surface area contributed by atoms with Gasteiger partial charge in [0.1, 0.15) is 0 Å². The van der Waals surface area contributed by atoms with Crippen LogP contribution in [-0.2, 0) is 27.2 Å². The molecule has 5 aliphatic carbocycles. The Morgan fingerprint density at radius 1 is 0.481 bits per heavy atom. The Hall–Kier alpha value is 0.628. The zero-order chi connectivity index (χ0) is 36.4. The molecule has 9 fully saturated rings. The van der Waals surface area contributed by atoms with Gasteiger partial charge in [-0.25, -0.2) is 0 Å². The molecule has 9 aliphatic rings. The number of hydrogen-bond donors (Lipinski definition) is 0. The zero-order valence-corrected chi connectivity index (χ0v) is 38.6. The molecule has 12 atom stereocenters. The molecule has 0 spiro atoms. The molecule has 0 aromatic rings. The van der Waals surface area contributed by atoms with Crippen molar-refractivity contribution in [1.29, 1.82) is 0 Å². The first-order valence-corrected chi connectivity index (χ1v) is 34.9. The number of rotatable bonds is 2. The lowest BCUT2D eigenvalue weighted by Gasteiger charge is -2.70. The SMILES string of the molecule is C[Si]1(C)CCCOCC2C3OC3CCC2(C23CCC(C2)C2CCCC23C23CCC4OC4C2COCCC[Si](C)(C)O[Si](C)(C)CC3)CC[Si](C)(C)O1. The second-order valence-electron chi connectivity index (χ2n) is 22.5. The third-order valence-electron chi connectivity index (χ3n) is 17.9. The average molecular weight is 789 g/mol. The molecule has 9 rings (SSSR count). The number of epoxide rings is 2. The fraction of sp³-hybridized carbons (Fsp3) is 1.00. The van der Waals surface area contributed by atoms with Gasteiger partial charge in [-0.05, 0) is 194 Å². The summed E-state index contributed by atoms with van der Waals surface area (Å²) in [6.07, 6.45) is 20.6. The highest BCUT2D eigenvalue weighted by molar-refractivity contribution is 6.85. The zero-order valence-electron chi connectivity index (χ0n) is 34.6. The van der Waals surface area contributed by atoms with Crippen LogP contribution < -0.4 is 0 Å². The van der Waals surface area contributed by atoms with Gasteiger partial charge in [0.2, 0.25) is 0 Å². The van der Waals surface area contributed by atoms with Gasteiger partial charge in [0.25, 0.3) is 0 Å². The lowest BCUT2D eigenvalue weighted by Crippen LogP contribution is -2.67. The van der Waals surface area contributed by atoms with Gasteiger partial charge in [-0.3, -0.25) is 0 Å². The van der Waals surface area contributed by atoms with Crippen LogP contribution in [0.5, 0.6) is 0 Å². The van der Waals surface area contributed by atoms with Crippen LogP contribution in [-0.4, -0.2) is 84.1 Å². The lowest BCUT2D eigenvalue weighted by atomic mass is 9.34. The van der Waals surface area contributed by atoms with E-state index in [1.54, 1.807) is 0 Å². The molecular formula is C42H76O6Si4. The predicted octanol–water partition coefficient (Wildman–Crippen LogP) is 10.4. The third kappa shape index (κ3) is 6.04. The Morgan fingerprint density at radius 3 is 1.60 bits per heavy atom. The monoisotopic (exact) mass is 788 g/mol. The molecule has 0 radical (unpaired) electrons. The molecule has 4 aliphatic heterocycles. The van der Waals surface area contributed by atoms with Crippen LogP contribution in [0, 0.1) is 45.3 Å². The summed E-state index contributed by atoms with van der Waals surface area (Å²) in [7, 11) is -7.27. The number of fused-ring (bicyclic) bond motifs is 13. The maximum absolute atomic E-state index is 7.41. The summed E-state index contributed by atoms with van der Waals surface area (Å²) in [5.41, 5.74) is 1.17. The molecular weight excluding hydrogens is 713 g/mol. The average Bonchev–Trinajstić information content (AvgIpc) is 3.88. The summed E-state index contributed by atoms with van der Waals surface area (Å²) < 4.78 is 42.2. The van der Waals surface area contributed by atoms with Gasteiger partial charge >= 0.3 is 0 Å². The quantitative estimate of drug-likeness (QED) is 0.205. The first kappa shape index (κ1) is 38.2. The maximum atomic E-state index is 7.41. The van der Waals surface area contributed by atoms with Gasteiger partial charge in [-0.2, -0.15) is 0 Å². The Morgan fingerprint density at radius 2 is 1.00 bits per heavy atom. The first-order chi connectivity index (χ1) is 24.6. The van der Waals surface area contributed by atoms with Crippen molar-refractivity contribution in [2.45, 2.75) is 191 Å². The highest BCUT2D eigenvalue weighted by Gasteiger charge is 2.83. The summed E-state index contributed by atoms with van der Waals surface area (Å²) in [5.74, 6) is 2.77. The van der Waals surface area contributed by atoms with E-state index in [0.717, 1.165) is 51.1 Å². The normalized spacial score (nSPS) is 52.2. The molecule has 4 heterocycles. The second-order valence-corrected chi connectivity index (χ2v) is 40.2. The second kappa shape index (κ2) is 13.1. The summed E-state index contributed by atoms with van der Waals surface area (Å²) in [6.45, 7) is 23.9. The molecule has 52 heavy (non-hydrogen) atoms. The van der Waals surface area contributed by atoms with Crippen LogP contribution in [0.15, 0.2) is 0 Å². The van der Waals surface area contributed by atoms with Crippen LogP contribution in [0.2, 0.25) is 76.6 Å². The van der Waals surface area contributed by atoms with E-state index in [0.29, 0.717) is 47.1 Å². The van der Waals surface area contributed by atoms with E-state index in [4.69, 9.17) is 27.2 Å². The molecule has 0 aromatic heterocycles. The summed E-state index contributed by atoms with van der Waals surface area (Å²) in [5, 5.41) is 0. The minimum absolute atomic E-state index is 0.250. The summed E-state index contributed by atoms with van der Waals surface area (Å²) in [4.78, 5) is 0. The van der Waals surface area contributed by atoms with Crippen molar-refractivity contribution in [3.05, 3.63) is 0 Å². The van der Waals surface area contributed by atoms with Crippen LogP contribution in [0.3, 0.4) is 0 Å². The molecule has 2 bridgehead atoms. The lowest BCUT2D eigenvalue weighted by molar-refractivity contribution is -0.227. The minimum atomic E-state index is -1.89. The molecule has 5 saturated carbocycles. The fourth-order valence-electron chi connectivity index (χ4n) is 16.5. The molecule has 0 N–H and O–H groups in total. The largest absolute Gasteiger partial charge is 0.455 e. The van der Waals surface area contributed by atoms with E-state index in [2.05, 4.69) is 52.4 Å². The molecule has 0 aromatic carbocycles. The van der Waals surface area contributed by atoms with Gasteiger partial charge < -0.3 is 27.2 Å². The van der Waals surface area contributed by atoms with Crippen molar-refractivity contribution in [3.8, 4) is 0 Å². The summed E-state index contributed by atoms with van der Waals surface area (Å²) in [6, 6.07) is 5.04. The Bertz CT molecular complexity index is 1360. The number of ether oxygens (including phenoxy) is 4. The van der Waals surface area contributed by atoms with Gasteiger partial charge in [-0.15, -0.1) is 0 Å². The van der Waals surface area contributed by atoms with Crippen molar-refractivity contribution >= 4 is 33.3 Å². The first-order valence-electron chi connectivity index (χ1n) is 22.4. The smallest absolute Gasteiger partial charge is 0.173 e. The van der Waals surface area contributed by atoms with E-state index < -0.39 is 33.3 Å². The fourth-order valence-corrected chi connectivity index (χ4v) is 34.2. The predicted molar refractivity (Wildman–Crippen MR) is 219 cm³/mol. The van der Waals surface area contributed by atoms with E-state index in [9.17, 15) is 0 Å². The van der Waals surface area contributed by atoms with Crippen molar-refractivity contribution in [3.63, 3.8) is 0 Å².